The Hall–Kier alpha value is -3.01. The van der Waals surface area contributed by atoms with Crippen molar-refractivity contribution in [3.05, 3.63) is 36.4 Å². The fourth-order valence-electron chi connectivity index (χ4n) is 1.95. The summed E-state index contributed by atoms with van der Waals surface area (Å²) in [4.78, 5) is 12.6. The van der Waals surface area contributed by atoms with E-state index >= 15 is 0 Å². The van der Waals surface area contributed by atoms with Crippen LogP contribution in [0, 0.1) is 6.92 Å². The first-order valence-electron chi connectivity index (χ1n) is 6.83. The number of rotatable bonds is 4. The Morgan fingerprint density at radius 1 is 1.17 bits per heavy atom. The van der Waals surface area contributed by atoms with Crippen LogP contribution < -0.4 is 11.1 Å². The van der Waals surface area contributed by atoms with E-state index in [1.807, 2.05) is 0 Å². The molecule has 1 aromatic carbocycles. The molecule has 0 radical (unpaired) electrons. The molecule has 0 aliphatic heterocycles. The topological polar surface area (TPSA) is 137 Å². The number of aryl methyl sites for hydroxylation is 1. The Labute approximate surface area is 137 Å². The Morgan fingerprint density at radius 2 is 1.88 bits per heavy atom. The lowest BCUT2D eigenvalue weighted by Crippen LogP contribution is -2.03. The van der Waals surface area contributed by atoms with E-state index in [4.69, 9.17) is 10.3 Å². The molecule has 3 aromatic rings. The number of hydrogen-bond donors (Lipinski definition) is 2. The van der Waals surface area contributed by atoms with Gasteiger partial charge in [-0.2, -0.15) is 9.97 Å². The van der Waals surface area contributed by atoms with E-state index in [1.54, 1.807) is 19.1 Å². The normalized spacial score (nSPS) is 11.4. The number of nitrogens with two attached hydrogens (primary N) is 1. The highest BCUT2D eigenvalue weighted by atomic mass is 32.2. The van der Waals surface area contributed by atoms with Gasteiger partial charge in [-0.1, -0.05) is 5.16 Å². The average Bonchev–Trinajstić information content (AvgIpc) is 2.93. The van der Waals surface area contributed by atoms with Crippen molar-refractivity contribution in [1.29, 1.82) is 0 Å². The standard InChI is InChI=1S/C14H14N6O3S/c1-8-17-13(20-23-8)11-7-16-14(19-12(11)15)18-9-3-5-10(6-4-9)24(2,21)22/h3-7H,1-2H3,(H3,15,16,18,19). The van der Waals surface area contributed by atoms with Gasteiger partial charge in [-0.05, 0) is 24.3 Å². The Morgan fingerprint density at radius 3 is 2.42 bits per heavy atom. The number of anilines is 3. The van der Waals surface area contributed by atoms with Gasteiger partial charge >= 0.3 is 0 Å². The van der Waals surface area contributed by atoms with Crippen LogP contribution in [0.3, 0.4) is 0 Å². The third-order valence-electron chi connectivity index (χ3n) is 3.13. The summed E-state index contributed by atoms with van der Waals surface area (Å²) < 4.78 is 27.8. The van der Waals surface area contributed by atoms with Crippen LogP contribution in [0.1, 0.15) is 5.89 Å². The monoisotopic (exact) mass is 346 g/mol. The van der Waals surface area contributed by atoms with E-state index in [0.29, 0.717) is 23.0 Å². The fourth-order valence-corrected chi connectivity index (χ4v) is 2.58. The molecule has 0 spiro atoms. The quantitative estimate of drug-likeness (QED) is 0.720. The van der Waals surface area contributed by atoms with Crippen LogP contribution >= 0.6 is 0 Å². The molecule has 0 aliphatic carbocycles. The smallest absolute Gasteiger partial charge is 0.229 e. The minimum Gasteiger partial charge on any atom is -0.383 e. The van der Waals surface area contributed by atoms with Gasteiger partial charge in [0.05, 0.1) is 10.5 Å². The van der Waals surface area contributed by atoms with Gasteiger partial charge in [0.2, 0.25) is 17.7 Å². The summed E-state index contributed by atoms with van der Waals surface area (Å²) in [5, 5.41) is 6.72. The van der Waals surface area contributed by atoms with Crippen molar-refractivity contribution in [2.45, 2.75) is 11.8 Å². The molecule has 124 valence electrons. The highest BCUT2D eigenvalue weighted by Gasteiger charge is 2.12. The first kappa shape index (κ1) is 15.9. The van der Waals surface area contributed by atoms with Gasteiger partial charge in [0.1, 0.15) is 5.82 Å². The molecule has 24 heavy (non-hydrogen) atoms. The lowest BCUT2D eigenvalue weighted by Gasteiger charge is -2.07. The molecule has 2 aromatic heterocycles. The van der Waals surface area contributed by atoms with E-state index in [2.05, 4.69) is 25.4 Å². The second-order valence-electron chi connectivity index (χ2n) is 5.05. The average molecular weight is 346 g/mol. The minimum atomic E-state index is -3.24. The zero-order valence-electron chi connectivity index (χ0n) is 12.9. The van der Waals surface area contributed by atoms with Gasteiger partial charge in [-0.3, -0.25) is 0 Å². The van der Waals surface area contributed by atoms with Crippen LogP contribution in [-0.2, 0) is 9.84 Å². The molecule has 9 nitrogen and oxygen atoms in total. The highest BCUT2D eigenvalue weighted by Crippen LogP contribution is 2.23. The Bertz CT molecular complexity index is 982. The maximum absolute atomic E-state index is 11.4. The Kier molecular flexibility index (Phi) is 3.89. The molecular weight excluding hydrogens is 332 g/mol. The van der Waals surface area contributed by atoms with Crippen molar-refractivity contribution < 1.29 is 12.9 Å². The molecule has 0 saturated heterocycles. The summed E-state index contributed by atoms with van der Waals surface area (Å²) in [5.41, 5.74) is 7.00. The third kappa shape index (κ3) is 3.33. The molecular formula is C14H14N6O3S. The van der Waals surface area contributed by atoms with Crippen molar-refractivity contribution >= 4 is 27.3 Å². The summed E-state index contributed by atoms with van der Waals surface area (Å²) in [6.45, 7) is 1.67. The largest absolute Gasteiger partial charge is 0.383 e. The van der Waals surface area contributed by atoms with E-state index < -0.39 is 9.84 Å². The molecule has 0 amide bonds. The third-order valence-corrected chi connectivity index (χ3v) is 4.25. The maximum atomic E-state index is 11.4. The molecule has 0 bridgehead atoms. The van der Waals surface area contributed by atoms with Gasteiger partial charge in [-0.25, -0.2) is 13.4 Å². The molecule has 0 aliphatic rings. The lowest BCUT2D eigenvalue weighted by molar-refractivity contribution is 0.394. The first-order chi connectivity index (χ1) is 11.3. The molecule has 0 unspecified atom stereocenters. The van der Waals surface area contributed by atoms with E-state index in [0.717, 1.165) is 6.26 Å². The van der Waals surface area contributed by atoms with Crippen LogP contribution in [-0.4, -0.2) is 34.8 Å². The number of aromatic nitrogens is 4. The fraction of sp³-hybridized carbons (Fsp3) is 0.143. The van der Waals surface area contributed by atoms with Gasteiger partial charge in [0.25, 0.3) is 0 Å². The summed E-state index contributed by atoms with van der Waals surface area (Å²) in [5.74, 6) is 1.19. The molecule has 0 atom stereocenters. The SMILES string of the molecule is Cc1nc(-c2cnc(Nc3ccc(S(C)(=O)=O)cc3)nc2N)no1. The van der Waals surface area contributed by atoms with Crippen molar-refractivity contribution in [2.24, 2.45) is 0 Å². The van der Waals surface area contributed by atoms with Crippen LogP contribution in [0.5, 0.6) is 0 Å². The van der Waals surface area contributed by atoms with Gasteiger partial charge < -0.3 is 15.6 Å². The van der Waals surface area contributed by atoms with Gasteiger partial charge in [0.15, 0.2) is 9.84 Å². The zero-order valence-corrected chi connectivity index (χ0v) is 13.7. The van der Waals surface area contributed by atoms with Crippen molar-refractivity contribution in [1.82, 2.24) is 20.1 Å². The van der Waals surface area contributed by atoms with Crippen molar-refractivity contribution in [3.63, 3.8) is 0 Å². The Balaban J connectivity index is 1.82. The predicted molar refractivity (Wildman–Crippen MR) is 87.3 cm³/mol. The molecule has 0 fully saturated rings. The van der Waals surface area contributed by atoms with Crippen LogP contribution in [0.25, 0.3) is 11.4 Å². The second-order valence-corrected chi connectivity index (χ2v) is 7.07. The highest BCUT2D eigenvalue weighted by molar-refractivity contribution is 7.90. The van der Waals surface area contributed by atoms with Crippen molar-refractivity contribution in [3.8, 4) is 11.4 Å². The molecule has 2 heterocycles. The number of benzene rings is 1. The number of nitrogens with zero attached hydrogens (tertiary/aromatic N) is 4. The number of sulfone groups is 1. The molecule has 10 heteroatoms. The lowest BCUT2D eigenvalue weighted by atomic mass is 10.3. The van der Waals surface area contributed by atoms with E-state index in [1.165, 1.54) is 18.3 Å². The predicted octanol–water partition coefficient (Wildman–Crippen LogP) is 1.56. The first-order valence-corrected chi connectivity index (χ1v) is 8.72. The molecule has 0 saturated carbocycles. The zero-order chi connectivity index (χ0) is 17.3. The van der Waals surface area contributed by atoms with Crippen molar-refractivity contribution in [2.75, 3.05) is 17.3 Å². The van der Waals surface area contributed by atoms with Gasteiger partial charge in [-0.15, -0.1) is 0 Å². The number of nitrogens with one attached hydrogen (secondary N) is 1. The summed E-state index contributed by atoms with van der Waals surface area (Å²) >= 11 is 0. The number of hydrogen-bond acceptors (Lipinski definition) is 9. The van der Waals surface area contributed by atoms with E-state index in [-0.39, 0.29) is 16.7 Å². The second kappa shape index (κ2) is 5.89. The van der Waals surface area contributed by atoms with Crippen LogP contribution in [0.2, 0.25) is 0 Å². The molecule has 3 rings (SSSR count). The van der Waals surface area contributed by atoms with E-state index in [9.17, 15) is 8.42 Å². The van der Waals surface area contributed by atoms with Crippen LogP contribution in [0.4, 0.5) is 17.5 Å². The number of nitrogen functional groups attached to an aromatic ring is 1. The minimum absolute atomic E-state index is 0.195. The van der Waals surface area contributed by atoms with Gasteiger partial charge in [0, 0.05) is 25.1 Å². The summed E-state index contributed by atoms with van der Waals surface area (Å²) in [6.07, 6.45) is 2.64. The summed E-state index contributed by atoms with van der Waals surface area (Å²) in [7, 11) is -3.24. The molecule has 3 N–H and O–H groups in total. The summed E-state index contributed by atoms with van der Waals surface area (Å²) in [6, 6.07) is 6.23. The van der Waals surface area contributed by atoms with Crippen LogP contribution in [0.15, 0.2) is 39.9 Å². The maximum Gasteiger partial charge on any atom is 0.229 e.